The van der Waals surface area contributed by atoms with Crippen LogP contribution in [-0.4, -0.2) is 9.97 Å². The van der Waals surface area contributed by atoms with Crippen LogP contribution in [-0.2, 0) is 12.2 Å². The van der Waals surface area contributed by atoms with Gasteiger partial charge in [-0.1, -0.05) is 65.3 Å². The number of nitrogens with two attached hydrogens (primary N) is 1. The summed E-state index contributed by atoms with van der Waals surface area (Å²) in [5.41, 5.74) is 10.4. The number of aryl methyl sites for hydroxylation is 1. The first kappa shape index (κ1) is 18.2. The van der Waals surface area contributed by atoms with Crippen LogP contribution in [0.25, 0.3) is 0 Å². The van der Waals surface area contributed by atoms with E-state index in [1.54, 1.807) is 0 Å². The Morgan fingerprint density at radius 2 is 1.69 bits per heavy atom. The van der Waals surface area contributed by atoms with Gasteiger partial charge < -0.3 is 5.73 Å². The van der Waals surface area contributed by atoms with Crippen molar-refractivity contribution in [3.8, 4) is 6.07 Å². The van der Waals surface area contributed by atoms with Crippen molar-refractivity contribution in [1.82, 2.24) is 9.97 Å². The Morgan fingerprint density at radius 3 is 2.35 bits per heavy atom. The lowest BCUT2D eigenvalue weighted by molar-refractivity contribution is 0.901. The molecule has 130 valence electrons. The predicted molar refractivity (Wildman–Crippen MR) is 106 cm³/mol. The van der Waals surface area contributed by atoms with E-state index in [0.29, 0.717) is 33.6 Å². The van der Waals surface area contributed by atoms with Crippen molar-refractivity contribution in [3.05, 3.63) is 81.5 Å². The SMILES string of the molecule is Cc1ccc(Cc2nc(SCc3ccc(Cl)cc3)nc(N)c2C#N)cc1. The van der Waals surface area contributed by atoms with Gasteiger partial charge in [-0.15, -0.1) is 0 Å². The Bertz CT molecular complexity index is 947. The van der Waals surface area contributed by atoms with Gasteiger partial charge in [0.2, 0.25) is 0 Å². The van der Waals surface area contributed by atoms with Gasteiger partial charge in [0.1, 0.15) is 17.5 Å². The first-order valence-corrected chi connectivity index (χ1v) is 9.41. The van der Waals surface area contributed by atoms with Crippen molar-refractivity contribution in [3.63, 3.8) is 0 Å². The smallest absolute Gasteiger partial charge is 0.190 e. The van der Waals surface area contributed by atoms with Crippen LogP contribution in [0.4, 0.5) is 5.82 Å². The number of nitriles is 1. The summed E-state index contributed by atoms with van der Waals surface area (Å²) in [4.78, 5) is 8.85. The van der Waals surface area contributed by atoms with Crippen LogP contribution < -0.4 is 5.73 Å². The molecule has 0 unspecified atom stereocenters. The molecule has 0 fully saturated rings. The number of nitrogens with zero attached hydrogens (tertiary/aromatic N) is 3. The molecule has 0 saturated carbocycles. The van der Waals surface area contributed by atoms with E-state index in [-0.39, 0.29) is 5.82 Å². The maximum absolute atomic E-state index is 9.42. The number of halogens is 1. The molecule has 1 aromatic heterocycles. The number of nitrogen functional groups attached to an aromatic ring is 1. The standard InChI is InChI=1S/C20H17ClN4S/c1-13-2-4-14(5-3-13)10-18-17(11-22)19(23)25-20(24-18)26-12-15-6-8-16(21)9-7-15/h2-9H,10,12H2,1H3,(H2,23,24,25). The first-order chi connectivity index (χ1) is 12.5. The highest BCUT2D eigenvalue weighted by atomic mass is 35.5. The highest BCUT2D eigenvalue weighted by molar-refractivity contribution is 7.98. The topological polar surface area (TPSA) is 75.6 Å². The zero-order chi connectivity index (χ0) is 18.5. The van der Waals surface area contributed by atoms with E-state index in [2.05, 4.69) is 16.0 Å². The summed E-state index contributed by atoms with van der Waals surface area (Å²) in [6.45, 7) is 2.04. The lowest BCUT2D eigenvalue weighted by atomic mass is 10.0. The van der Waals surface area contributed by atoms with Gasteiger partial charge in [0, 0.05) is 17.2 Å². The highest BCUT2D eigenvalue weighted by Gasteiger charge is 2.13. The van der Waals surface area contributed by atoms with E-state index in [9.17, 15) is 5.26 Å². The fourth-order valence-electron chi connectivity index (χ4n) is 2.45. The van der Waals surface area contributed by atoms with E-state index < -0.39 is 0 Å². The summed E-state index contributed by atoms with van der Waals surface area (Å²) in [6.07, 6.45) is 0.546. The van der Waals surface area contributed by atoms with Gasteiger partial charge in [-0.2, -0.15) is 5.26 Å². The van der Waals surface area contributed by atoms with E-state index in [1.165, 1.54) is 17.3 Å². The summed E-state index contributed by atoms with van der Waals surface area (Å²) in [6, 6.07) is 17.9. The quantitative estimate of drug-likeness (QED) is 0.509. The molecule has 1 heterocycles. The van der Waals surface area contributed by atoms with Gasteiger partial charge in [0.25, 0.3) is 0 Å². The molecule has 3 aromatic rings. The van der Waals surface area contributed by atoms with Crippen LogP contribution in [0.2, 0.25) is 5.02 Å². The van der Waals surface area contributed by atoms with Gasteiger partial charge in [-0.3, -0.25) is 0 Å². The molecule has 2 N–H and O–H groups in total. The Kier molecular flexibility index (Phi) is 5.77. The summed E-state index contributed by atoms with van der Waals surface area (Å²) < 4.78 is 0. The molecule has 0 saturated heterocycles. The summed E-state index contributed by atoms with van der Waals surface area (Å²) in [5.74, 6) is 0.926. The van der Waals surface area contributed by atoms with Crippen molar-refractivity contribution in [2.24, 2.45) is 0 Å². The molecule has 0 aliphatic heterocycles. The molecule has 3 rings (SSSR count). The molecule has 0 bridgehead atoms. The van der Waals surface area contributed by atoms with Crippen molar-refractivity contribution in [1.29, 1.82) is 5.26 Å². The molecular formula is C20H17ClN4S. The maximum atomic E-state index is 9.42. The van der Waals surface area contributed by atoms with Gasteiger partial charge in [0.15, 0.2) is 5.16 Å². The zero-order valence-corrected chi connectivity index (χ0v) is 15.8. The summed E-state index contributed by atoms with van der Waals surface area (Å²) >= 11 is 7.40. The predicted octanol–water partition coefficient (Wildman–Crippen LogP) is 4.78. The average molecular weight is 381 g/mol. The second-order valence-corrected chi connectivity index (χ2v) is 7.28. The van der Waals surface area contributed by atoms with Gasteiger partial charge in [-0.05, 0) is 30.2 Å². The van der Waals surface area contributed by atoms with Crippen molar-refractivity contribution in [2.75, 3.05) is 5.73 Å². The Balaban J connectivity index is 1.83. The molecule has 0 aliphatic carbocycles. The minimum atomic E-state index is 0.225. The number of anilines is 1. The van der Waals surface area contributed by atoms with Crippen LogP contribution in [0.1, 0.15) is 27.9 Å². The van der Waals surface area contributed by atoms with E-state index in [4.69, 9.17) is 17.3 Å². The molecule has 4 nitrogen and oxygen atoms in total. The fraction of sp³-hybridized carbons (Fsp3) is 0.150. The number of aromatic nitrogens is 2. The maximum Gasteiger partial charge on any atom is 0.190 e. The van der Waals surface area contributed by atoms with Crippen LogP contribution in [0.15, 0.2) is 53.7 Å². The summed E-state index contributed by atoms with van der Waals surface area (Å²) in [7, 11) is 0. The molecule has 26 heavy (non-hydrogen) atoms. The Morgan fingerprint density at radius 1 is 1.04 bits per heavy atom. The van der Waals surface area contributed by atoms with E-state index >= 15 is 0 Å². The number of hydrogen-bond donors (Lipinski definition) is 1. The largest absolute Gasteiger partial charge is 0.382 e. The highest BCUT2D eigenvalue weighted by Crippen LogP contribution is 2.25. The number of hydrogen-bond acceptors (Lipinski definition) is 5. The third-order valence-electron chi connectivity index (χ3n) is 3.88. The van der Waals surface area contributed by atoms with E-state index in [1.807, 2.05) is 55.5 Å². The molecular weight excluding hydrogens is 364 g/mol. The third kappa shape index (κ3) is 4.54. The Labute approximate surface area is 162 Å². The molecule has 0 atom stereocenters. The molecule has 0 amide bonds. The third-order valence-corrected chi connectivity index (χ3v) is 5.05. The first-order valence-electron chi connectivity index (χ1n) is 8.04. The minimum absolute atomic E-state index is 0.225. The lowest BCUT2D eigenvalue weighted by Crippen LogP contribution is -2.06. The molecule has 2 aromatic carbocycles. The van der Waals surface area contributed by atoms with Gasteiger partial charge in [-0.25, -0.2) is 9.97 Å². The Hall–Kier alpha value is -2.55. The van der Waals surface area contributed by atoms with Crippen molar-refractivity contribution >= 4 is 29.2 Å². The van der Waals surface area contributed by atoms with Gasteiger partial charge in [0.05, 0.1) is 5.69 Å². The zero-order valence-electron chi connectivity index (χ0n) is 14.2. The molecule has 0 spiro atoms. The number of rotatable bonds is 5. The normalized spacial score (nSPS) is 10.5. The second-order valence-electron chi connectivity index (χ2n) is 5.90. The van der Waals surface area contributed by atoms with Crippen LogP contribution in [0.3, 0.4) is 0 Å². The lowest BCUT2D eigenvalue weighted by Gasteiger charge is -2.09. The van der Waals surface area contributed by atoms with Crippen LogP contribution in [0, 0.1) is 18.3 Å². The summed E-state index contributed by atoms with van der Waals surface area (Å²) in [5, 5.41) is 10.7. The van der Waals surface area contributed by atoms with E-state index in [0.717, 1.165) is 11.1 Å². The molecule has 0 radical (unpaired) electrons. The number of benzene rings is 2. The number of thioether (sulfide) groups is 1. The average Bonchev–Trinajstić information content (AvgIpc) is 2.63. The van der Waals surface area contributed by atoms with Crippen LogP contribution in [0.5, 0.6) is 0 Å². The van der Waals surface area contributed by atoms with Crippen molar-refractivity contribution < 1.29 is 0 Å². The minimum Gasteiger partial charge on any atom is -0.382 e. The van der Waals surface area contributed by atoms with Crippen molar-refractivity contribution in [2.45, 2.75) is 24.3 Å². The second kappa shape index (κ2) is 8.22. The molecule has 0 aliphatic rings. The van der Waals surface area contributed by atoms with Gasteiger partial charge >= 0.3 is 0 Å². The monoisotopic (exact) mass is 380 g/mol. The fourth-order valence-corrected chi connectivity index (χ4v) is 3.40. The van der Waals surface area contributed by atoms with Crippen LogP contribution >= 0.6 is 23.4 Å². The molecule has 6 heteroatoms.